The molecule has 6 aromatic rings. The molecular weight excluding hydrogens is 692 g/mol. The number of hydrogen-bond acceptors (Lipinski definition) is 1. The fourth-order valence-corrected chi connectivity index (χ4v) is 4.58. The van der Waals surface area contributed by atoms with Gasteiger partial charge in [0.15, 0.2) is 0 Å². The van der Waals surface area contributed by atoms with Crippen LogP contribution in [0.5, 0.6) is 0 Å². The van der Waals surface area contributed by atoms with Gasteiger partial charge in [-0.15, -0.1) is 11.1 Å². The van der Waals surface area contributed by atoms with E-state index in [0.717, 1.165) is 58.9 Å². The summed E-state index contributed by atoms with van der Waals surface area (Å²) in [5.74, 6) is 0. The van der Waals surface area contributed by atoms with Crippen molar-refractivity contribution in [2.75, 3.05) is 39.3 Å². The van der Waals surface area contributed by atoms with E-state index in [2.05, 4.69) is 93.6 Å². The monoisotopic (exact) mass is 743 g/mol. The number of quaternary nitrogens is 3. The van der Waals surface area contributed by atoms with Crippen LogP contribution in [0.15, 0.2) is 164 Å². The minimum absolute atomic E-state index is 0. The van der Waals surface area contributed by atoms with Gasteiger partial charge < -0.3 is 45.8 Å². The van der Waals surface area contributed by atoms with E-state index >= 15 is 0 Å². The third kappa shape index (κ3) is 22.9. The number of nitrogens with zero attached hydrogens (tertiary/aromatic N) is 1. The van der Waals surface area contributed by atoms with E-state index in [4.69, 9.17) is 0 Å². The van der Waals surface area contributed by atoms with E-state index in [-0.39, 0.29) is 51.2 Å². The van der Waals surface area contributed by atoms with Crippen molar-refractivity contribution in [3.05, 3.63) is 180 Å². The van der Waals surface area contributed by atoms with Crippen molar-refractivity contribution in [1.82, 2.24) is 4.90 Å². The summed E-state index contributed by atoms with van der Waals surface area (Å²) >= 11 is 0. The van der Waals surface area contributed by atoms with Crippen LogP contribution in [0, 0.1) is 0 Å². The summed E-state index contributed by atoms with van der Waals surface area (Å²) in [6.45, 7) is 10.2. The van der Waals surface area contributed by atoms with Gasteiger partial charge >= 0.3 is 0 Å². The Morgan fingerprint density at radius 3 is 1.07 bits per heavy atom. The zero-order valence-corrected chi connectivity index (χ0v) is 30.0. The maximum Gasteiger partial charge on any atom is 0.0879 e. The van der Waals surface area contributed by atoms with Crippen molar-refractivity contribution in [3.8, 4) is 0 Å². The van der Waals surface area contributed by atoms with Crippen LogP contribution in [0.4, 0.5) is 0 Å². The van der Waals surface area contributed by atoms with Gasteiger partial charge in [-0.1, -0.05) is 6.54 Å². The smallest absolute Gasteiger partial charge is 0.0879 e. The standard InChI is InChI=1S/C24H33N4.3C5H5.3Fe/c1-2-8-22(7-1)19-25-13-16-28(17-14-26-20-23-9-3-4-10-23)18-15-27-21-24-11-5-6-12-24;3*1-2-4-5-3-1;;;/h1-12,25-27H,13-21H2;3*1-5H;;;/q-7;3*-1;;;/p+3. The quantitative estimate of drug-likeness (QED) is 0.0835. The molecule has 0 fully saturated rings. The molecule has 7 heteroatoms. The van der Waals surface area contributed by atoms with Crippen LogP contribution >= 0.6 is 0 Å². The summed E-state index contributed by atoms with van der Waals surface area (Å²) in [6, 6.07) is 56.0. The summed E-state index contributed by atoms with van der Waals surface area (Å²) in [5, 5.41) is 7.30. The Bertz CT molecular complexity index is 1050. The zero-order valence-electron chi connectivity index (χ0n) is 26.7. The molecule has 0 aliphatic rings. The van der Waals surface area contributed by atoms with Gasteiger partial charge in [0.2, 0.25) is 0 Å². The van der Waals surface area contributed by atoms with E-state index in [1.54, 1.807) is 0 Å². The molecule has 0 radical (unpaired) electrons. The molecule has 0 bridgehead atoms. The van der Waals surface area contributed by atoms with Crippen molar-refractivity contribution >= 4 is 0 Å². The van der Waals surface area contributed by atoms with E-state index in [9.17, 15) is 0 Å². The molecule has 0 aromatic heterocycles. The largest absolute Gasteiger partial charge is 0.747 e. The third-order valence-corrected chi connectivity index (χ3v) is 6.95. The van der Waals surface area contributed by atoms with Crippen molar-refractivity contribution in [3.63, 3.8) is 0 Å². The predicted molar refractivity (Wildman–Crippen MR) is 180 cm³/mol. The van der Waals surface area contributed by atoms with E-state index in [1.807, 2.05) is 91.0 Å². The SMILES string of the molecule is [Fe].[Fe].[Fe].c1cc[c-](C[NH2+]CCN(CC[NH2+]C[c-]2cccc2)CC[NH2+]C[c-]2[cH-][cH-][cH-][cH-]2)c1.c1cc[cH-]c1.c1cc[cH-]c1.c1cc[cH-]c1. The summed E-state index contributed by atoms with van der Waals surface area (Å²) in [6.07, 6.45) is 0. The van der Waals surface area contributed by atoms with Gasteiger partial charge in [-0.25, -0.2) is 60.7 Å². The summed E-state index contributed by atoms with van der Waals surface area (Å²) in [7, 11) is 0. The van der Waals surface area contributed by atoms with Crippen LogP contribution < -0.4 is 16.0 Å². The molecule has 0 aliphatic heterocycles. The van der Waals surface area contributed by atoms with Crippen LogP contribution in [0.3, 0.4) is 0 Å². The first-order valence-electron chi connectivity index (χ1n) is 15.7. The third-order valence-electron chi connectivity index (χ3n) is 6.95. The second-order valence-electron chi connectivity index (χ2n) is 10.5. The van der Waals surface area contributed by atoms with Gasteiger partial charge in [0.25, 0.3) is 0 Å². The number of rotatable bonds is 15. The fourth-order valence-electron chi connectivity index (χ4n) is 4.58. The average Bonchev–Trinajstić information content (AvgIpc) is 3.91. The molecule has 0 saturated heterocycles. The molecule has 6 aromatic carbocycles. The predicted octanol–water partition coefficient (Wildman–Crippen LogP) is 3.94. The second kappa shape index (κ2) is 31.1. The van der Waals surface area contributed by atoms with Gasteiger partial charge in [-0.05, 0) is 0 Å². The first kappa shape index (κ1) is 43.5. The Morgan fingerprint density at radius 2 is 0.761 bits per heavy atom. The average molecular weight is 743 g/mol. The van der Waals surface area contributed by atoms with E-state index in [0.29, 0.717) is 0 Å². The normalized spacial score (nSPS) is 9.59. The molecule has 258 valence electrons. The van der Waals surface area contributed by atoms with Crippen molar-refractivity contribution in [1.29, 1.82) is 0 Å². The van der Waals surface area contributed by atoms with E-state index in [1.165, 1.54) is 16.7 Å². The van der Waals surface area contributed by atoms with Gasteiger partial charge in [0, 0.05) is 70.8 Å². The Balaban J connectivity index is 0.000000915. The van der Waals surface area contributed by atoms with Crippen molar-refractivity contribution in [2.45, 2.75) is 19.6 Å². The first-order chi connectivity index (χ1) is 21.4. The molecular formula is C39H51Fe3N4-7. The summed E-state index contributed by atoms with van der Waals surface area (Å²) in [5.41, 5.74) is 4.29. The molecule has 0 spiro atoms. The van der Waals surface area contributed by atoms with Gasteiger partial charge in [0.05, 0.1) is 32.7 Å². The molecule has 6 N–H and O–H groups in total. The topological polar surface area (TPSA) is 53.1 Å². The molecule has 46 heavy (non-hydrogen) atoms. The van der Waals surface area contributed by atoms with E-state index < -0.39 is 0 Å². The number of hydrogen-bond donors (Lipinski definition) is 3. The second-order valence-corrected chi connectivity index (χ2v) is 10.5. The molecule has 0 atom stereocenters. The van der Waals surface area contributed by atoms with Gasteiger partial charge in [-0.3, -0.25) is 4.90 Å². The molecule has 0 heterocycles. The Labute approximate surface area is 309 Å². The van der Waals surface area contributed by atoms with Crippen molar-refractivity contribution < 1.29 is 67.2 Å². The maximum atomic E-state index is 2.63. The maximum absolute atomic E-state index is 2.63. The molecule has 4 nitrogen and oxygen atoms in total. The Hall–Kier alpha value is -2.50. The van der Waals surface area contributed by atoms with Gasteiger partial charge in [-0.2, -0.15) is 78.9 Å². The zero-order chi connectivity index (χ0) is 29.9. The fraction of sp³-hybridized carbons (Fsp3) is 0.231. The molecule has 6 rings (SSSR count). The van der Waals surface area contributed by atoms with Crippen LogP contribution in [0.25, 0.3) is 0 Å². The molecule has 0 aliphatic carbocycles. The minimum Gasteiger partial charge on any atom is -0.747 e. The Morgan fingerprint density at radius 1 is 0.435 bits per heavy atom. The number of nitrogens with two attached hydrogens (primary N) is 3. The van der Waals surface area contributed by atoms with Crippen LogP contribution in [-0.2, 0) is 70.8 Å². The minimum atomic E-state index is 0. The summed E-state index contributed by atoms with van der Waals surface area (Å²) in [4.78, 5) is 2.63. The Kier molecular flexibility index (Phi) is 29.4. The first-order valence-corrected chi connectivity index (χ1v) is 15.7. The molecule has 0 saturated carbocycles. The summed E-state index contributed by atoms with van der Waals surface area (Å²) < 4.78 is 0. The van der Waals surface area contributed by atoms with Crippen molar-refractivity contribution in [2.24, 2.45) is 0 Å². The molecule has 0 unspecified atom stereocenters. The van der Waals surface area contributed by atoms with Crippen LogP contribution in [0.2, 0.25) is 0 Å². The molecule has 0 amide bonds. The van der Waals surface area contributed by atoms with Gasteiger partial charge in [0.1, 0.15) is 0 Å². The van der Waals surface area contributed by atoms with Crippen LogP contribution in [-0.4, -0.2) is 44.2 Å². The van der Waals surface area contributed by atoms with Crippen LogP contribution in [0.1, 0.15) is 16.7 Å².